The second-order valence-corrected chi connectivity index (χ2v) is 11.6. The van der Waals surface area contributed by atoms with E-state index in [0.29, 0.717) is 28.3 Å². The van der Waals surface area contributed by atoms with Crippen molar-refractivity contribution in [1.82, 2.24) is 9.47 Å². The standard InChI is InChI=1S/C36H35N3O4/c1-37-18-2-3-32(37)34(41)24-26-6-10-29(11-7-26)35(42)28-8-4-25(5-9-28)23-33(40)27-14-16-31(17-15-27)38-19-21-39(22-20-38)36(43)30-12-13-30/h2-11,14-18,30H,12-13,19-24H2,1H3. The molecule has 1 aromatic heterocycles. The zero-order valence-corrected chi connectivity index (χ0v) is 24.4. The fourth-order valence-corrected chi connectivity index (χ4v) is 5.66. The van der Waals surface area contributed by atoms with Crippen molar-refractivity contribution in [3.05, 3.63) is 125 Å². The van der Waals surface area contributed by atoms with Gasteiger partial charge in [0.15, 0.2) is 17.3 Å². The van der Waals surface area contributed by atoms with Gasteiger partial charge in [0.2, 0.25) is 5.91 Å². The smallest absolute Gasteiger partial charge is 0.225 e. The number of carbonyl (C=O) groups is 4. The third-order valence-corrected chi connectivity index (χ3v) is 8.46. The normalized spacial score (nSPS) is 14.9. The number of hydrogen-bond acceptors (Lipinski definition) is 5. The number of benzene rings is 3. The van der Waals surface area contributed by atoms with Gasteiger partial charge in [0.1, 0.15) is 0 Å². The van der Waals surface area contributed by atoms with Gasteiger partial charge in [-0.05, 0) is 60.4 Å². The fraction of sp³-hybridized carbons (Fsp3) is 0.278. The Bertz CT molecular complexity index is 1640. The first-order chi connectivity index (χ1) is 20.9. The molecule has 4 aromatic rings. The van der Waals surface area contributed by atoms with Crippen LogP contribution < -0.4 is 4.90 Å². The summed E-state index contributed by atoms with van der Waals surface area (Å²) >= 11 is 0. The van der Waals surface area contributed by atoms with Gasteiger partial charge in [0, 0.05) is 80.6 Å². The Hall–Kier alpha value is -4.78. The van der Waals surface area contributed by atoms with Crippen molar-refractivity contribution in [2.45, 2.75) is 25.7 Å². The number of aromatic nitrogens is 1. The lowest BCUT2D eigenvalue weighted by molar-refractivity contribution is -0.132. The van der Waals surface area contributed by atoms with E-state index >= 15 is 0 Å². The number of nitrogens with zero attached hydrogens (tertiary/aromatic N) is 3. The van der Waals surface area contributed by atoms with Crippen LogP contribution >= 0.6 is 0 Å². The van der Waals surface area contributed by atoms with Gasteiger partial charge in [-0.1, -0.05) is 48.5 Å². The highest BCUT2D eigenvalue weighted by Crippen LogP contribution is 2.31. The van der Waals surface area contributed by atoms with Crippen LogP contribution in [0, 0.1) is 5.92 Å². The highest BCUT2D eigenvalue weighted by Gasteiger charge is 2.34. The Morgan fingerprint density at radius 3 is 1.70 bits per heavy atom. The van der Waals surface area contributed by atoms with E-state index < -0.39 is 0 Å². The van der Waals surface area contributed by atoms with E-state index in [1.165, 1.54) is 0 Å². The fourth-order valence-electron chi connectivity index (χ4n) is 5.66. The second kappa shape index (κ2) is 12.2. The quantitative estimate of drug-likeness (QED) is 0.245. The molecule has 1 aliphatic carbocycles. The van der Waals surface area contributed by atoms with E-state index in [0.717, 1.165) is 55.8 Å². The van der Waals surface area contributed by atoms with Crippen LogP contribution in [0.2, 0.25) is 0 Å². The van der Waals surface area contributed by atoms with Crippen molar-refractivity contribution < 1.29 is 19.2 Å². The van der Waals surface area contributed by atoms with Crippen LogP contribution in [-0.2, 0) is 24.7 Å². The number of hydrogen-bond donors (Lipinski definition) is 0. The lowest BCUT2D eigenvalue weighted by Crippen LogP contribution is -2.49. The zero-order valence-electron chi connectivity index (χ0n) is 24.4. The summed E-state index contributed by atoms with van der Waals surface area (Å²) in [6.07, 6.45) is 4.44. The molecule has 0 bridgehead atoms. The summed E-state index contributed by atoms with van der Waals surface area (Å²) in [5, 5.41) is 0. The van der Waals surface area contributed by atoms with Gasteiger partial charge < -0.3 is 14.4 Å². The summed E-state index contributed by atoms with van der Waals surface area (Å²) in [5.74, 6) is 0.511. The van der Waals surface area contributed by atoms with Crippen LogP contribution in [0.4, 0.5) is 5.69 Å². The average Bonchev–Trinajstić information content (AvgIpc) is 3.80. The van der Waals surface area contributed by atoms with Crippen molar-refractivity contribution in [1.29, 1.82) is 0 Å². The average molecular weight is 574 g/mol. The molecular weight excluding hydrogens is 538 g/mol. The molecule has 1 saturated heterocycles. The second-order valence-electron chi connectivity index (χ2n) is 11.6. The summed E-state index contributed by atoms with van der Waals surface area (Å²) < 4.78 is 1.80. The third-order valence-electron chi connectivity index (χ3n) is 8.46. The molecular formula is C36H35N3O4. The largest absolute Gasteiger partial charge is 0.368 e. The highest BCUT2D eigenvalue weighted by atomic mass is 16.2. The first-order valence-corrected chi connectivity index (χ1v) is 14.9. The number of amides is 1. The molecule has 0 spiro atoms. The number of anilines is 1. The molecule has 6 rings (SSSR count). The Morgan fingerprint density at radius 1 is 0.651 bits per heavy atom. The summed E-state index contributed by atoms with van der Waals surface area (Å²) in [6, 6.07) is 25.7. The molecule has 2 fully saturated rings. The monoisotopic (exact) mass is 573 g/mol. The Labute approximate surface area is 251 Å². The molecule has 0 radical (unpaired) electrons. The SMILES string of the molecule is Cn1cccc1C(=O)Cc1ccc(C(=O)c2ccc(CC(=O)c3ccc(N4CCN(C(=O)C5CC5)CC4)cc3)cc2)cc1. The summed E-state index contributed by atoms with van der Waals surface area (Å²) in [7, 11) is 1.85. The van der Waals surface area contributed by atoms with Crippen LogP contribution in [0.3, 0.4) is 0 Å². The molecule has 0 atom stereocenters. The van der Waals surface area contributed by atoms with E-state index in [1.54, 1.807) is 34.9 Å². The van der Waals surface area contributed by atoms with Gasteiger partial charge in [-0.15, -0.1) is 0 Å². The molecule has 43 heavy (non-hydrogen) atoms. The van der Waals surface area contributed by atoms with Gasteiger partial charge in [-0.2, -0.15) is 0 Å². The minimum atomic E-state index is -0.105. The molecule has 2 aliphatic rings. The molecule has 1 amide bonds. The predicted octanol–water partition coefficient (Wildman–Crippen LogP) is 5.17. The molecule has 0 unspecified atom stereocenters. The maximum atomic E-state index is 13.1. The summed E-state index contributed by atoms with van der Waals surface area (Å²) in [5.41, 5.74) is 5.17. The van der Waals surface area contributed by atoms with E-state index in [4.69, 9.17) is 0 Å². The summed E-state index contributed by atoms with van der Waals surface area (Å²) in [4.78, 5) is 55.1. The van der Waals surface area contributed by atoms with Crippen molar-refractivity contribution in [2.75, 3.05) is 31.1 Å². The van der Waals surface area contributed by atoms with E-state index in [1.807, 2.05) is 72.7 Å². The maximum absolute atomic E-state index is 13.1. The maximum Gasteiger partial charge on any atom is 0.225 e. The minimum Gasteiger partial charge on any atom is -0.368 e. The third kappa shape index (κ3) is 6.51. The molecule has 3 aromatic carbocycles. The Morgan fingerprint density at radius 2 is 1.19 bits per heavy atom. The number of carbonyl (C=O) groups excluding carboxylic acids is 4. The molecule has 218 valence electrons. The number of Topliss-reactive ketones (excluding diaryl/α,β-unsaturated/α-hetero) is 2. The topological polar surface area (TPSA) is 79.7 Å². The molecule has 0 N–H and O–H groups in total. The molecule has 2 heterocycles. The first kappa shape index (κ1) is 28.3. The van der Waals surface area contributed by atoms with Gasteiger partial charge in [0.25, 0.3) is 0 Å². The number of aryl methyl sites for hydroxylation is 1. The minimum absolute atomic E-state index is 0.0194. The highest BCUT2D eigenvalue weighted by molar-refractivity contribution is 6.09. The van der Waals surface area contributed by atoms with E-state index in [9.17, 15) is 19.2 Å². The lowest BCUT2D eigenvalue weighted by Gasteiger charge is -2.36. The molecule has 7 heteroatoms. The number of piperazine rings is 1. The van der Waals surface area contributed by atoms with Crippen LogP contribution in [0.15, 0.2) is 91.1 Å². The zero-order chi connectivity index (χ0) is 29.9. The van der Waals surface area contributed by atoms with Crippen LogP contribution in [-0.4, -0.2) is 58.9 Å². The van der Waals surface area contributed by atoms with Crippen molar-refractivity contribution in [3.8, 4) is 0 Å². The lowest BCUT2D eigenvalue weighted by atomic mass is 9.97. The predicted molar refractivity (Wildman–Crippen MR) is 166 cm³/mol. The van der Waals surface area contributed by atoms with Gasteiger partial charge in [-0.25, -0.2) is 0 Å². The van der Waals surface area contributed by atoms with Crippen LogP contribution in [0.1, 0.15) is 60.7 Å². The van der Waals surface area contributed by atoms with E-state index in [-0.39, 0.29) is 36.1 Å². The first-order valence-electron chi connectivity index (χ1n) is 14.9. The molecule has 1 saturated carbocycles. The van der Waals surface area contributed by atoms with Crippen LogP contribution in [0.25, 0.3) is 0 Å². The van der Waals surface area contributed by atoms with Gasteiger partial charge >= 0.3 is 0 Å². The van der Waals surface area contributed by atoms with Crippen molar-refractivity contribution >= 4 is 28.9 Å². The van der Waals surface area contributed by atoms with Gasteiger partial charge in [0.05, 0.1) is 5.69 Å². The van der Waals surface area contributed by atoms with Crippen LogP contribution in [0.5, 0.6) is 0 Å². The van der Waals surface area contributed by atoms with Crippen molar-refractivity contribution in [3.63, 3.8) is 0 Å². The Kier molecular flexibility index (Phi) is 8.05. The number of ketones is 3. The van der Waals surface area contributed by atoms with Gasteiger partial charge in [-0.3, -0.25) is 19.2 Å². The number of rotatable bonds is 10. The van der Waals surface area contributed by atoms with Crippen molar-refractivity contribution in [2.24, 2.45) is 13.0 Å². The van der Waals surface area contributed by atoms with E-state index in [2.05, 4.69) is 4.90 Å². The molecule has 1 aliphatic heterocycles. The summed E-state index contributed by atoms with van der Waals surface area (Å²) in [6.45, 7) is 3.09. The Balaban J connectivity index is 1.01. The molecule has 7 nitrogen and oxygen atoms in total.